The van der Waals surface area contributed by atoms with Gasteiger partial charge in [0.2, 0.25) is 17.7 Å². The minimum absolute atomic E-state index is 0.0275. The first kappa shape index (κ1) is 24.3. The van der Waals surface area contributed by atoms with Crippen LogP contribution in [0.3, 0.4) is 0 Å². The maximum absolute atomic E-state index is 13.8. The number of hydrogen-bond donors (Lipinski definition) is 1. The number of rotatable bonds is 8. The SMILES string of the molecule is COc1ccc(NC(=O)C2(c3ccccc3C(C)C)CCC(N=[N+]=[N-])CC2)c(OC(F)F)n1. The molecule has 1 fully saturated rings. The number of amides is 1. The summed E-state index contributed by atoms with van der Waals surface area (Å²) in [5, 5.41) is 6.60. The Morgan fingerprint density at radius 1 is 1.24 bits per heavy atom. The molecule has 0 saturated heterocycles. The van der Waals surface area contributed by atoms with E-state index < -0.39 is 17.9 Å². The van der Waals surface area contributed by atoms with Crippen LogP contribution in [-0.2, 0) is 10.2 Å². The third kappa shape index (κ3) is 5.34. The number of benzene rings is 1. The summed E-state index contributed by atoms with van der Waals surface area (Å²) in [4.78, 5) is 20.6. The van der Waals surface area contributed by atoms with Gasteiger partial charge in [-0.05, 0) is 54.3 Å². The van der Waals surface area contributed by atoms with Crippen molar-refractivity contribution in [1.82, 2.24) is 4.98 Å². The Morgan fingerprint density at radius 2 is 1.94 bits per heavy atom. The number of nitrogens with zero attached hydrogens (tertiary/aromatic N) is 4. The molecule has 1 aliphatic carbocycles. The molecule has 0 unspecified atom stereocenters. The molecule has 1 aromatic heterocycles. The Hall–Kier alpha value is -3.39. The van der Waals surface area contributed by atoms with Crippen molar-refractivity contribution in [1.29, 1.82) is 0 Å². The number of nitrogens with one attached hydrogen (secondary N) is 1. The highest BCUT2D eigenvalue weighted by molar-refractivity contribution is 6.00. The molecule has 1 aliphatic rings. The van der Waals surface area contributed by atoms with Crippen LogP contribution >= 0.6 is 0 Å². The van der Waals surface area contributed by atoms with Gasteiger partial charge in [-0.25, -0.2) is 0 Å². The Bertz CT molecular complexity index is 1030. The Morgan fingerprint density at radius 3 is 2.55 bits per heavy atom. The number of methoxy groups -OCH3 is 1. The molecule has 8 nitrogen and oxygen atoms in total. The molecule has 0 atom stereocenters. The molecule has 0 aliphatic heterocycles. The Kier molecular flexibility index (Phi) is 7.71. The van der Waals surface area contributed by atoms with Crippen LogP contribution in [0.4, 0.5) is 14.5 Å². The molecule has 33 heavy (non-hydrogen) atoms. The van der Waals surface area contributed by atoms with Crippen molar-refractivity contribution in [3.63, 3.8) is 0 Å². The monoisotopic (exact) mass is 459 g/mol. The second kappa shape index (κ2) is 10.5. The van der Waals surface area contributed by atoms with Crippen LogP contribution in [0.5, 0.6) is 11.8 Å². The van der Waals surface area contributed by atoms with Crippen LogP contribution < -0.4 is 14.8 Å². The van der Waals surface area contributed by atoms with Gasteiger partial charge in [0.15, 0.2) is 0 Å². The predicted molar refractivity (Wildman–Crippen MR) is 120 cm³/mol. The maximum atomic E-state index is 13.8. The van der Waals surface area contributed by atoms with Crippen molar-refractivity contribution in [3.05, 3.63) is 58.0 Å². The summed E-state index contributed by atoms with van der Waals surface area (Å²) in [5.41, 5.74) is 9.84. The highest BCUT2D eigenvalue weighted by atomic mass is 19.3. The van der Waals surface area contributed by atoms with E-state index in [0.29, 0.717) is 25.7 Å². The largest absolute Gasteiger partial charge is 0.481 e. The zero-order chi connectivity index (χ0) is 24.0. The van der Waals surface area contributed by atoms with E-state index in [4.69, 9.17) is 10.3 Å². The number of azide groups is 1. The second-order valence-electron chi connectivity index (χ2n) is 8.30. The average molecular weight is 459 g/mol. The summed E-state index contributed by atoms with van der Waals surface area (Å²) >= 11 is 0. The van der Waals surface area contributed by atoms with Gasteiger partial charge in [-0.15, -0.1) is 0 Å². The van der Waals surface area contributed by atoms with Crippen LogP contribution in [0.1, 0.15) is 56.6 Å². The number of carbonyl (C=O) groups is 1. The number of anilines is 1. The molecule has 1 saturated carbocycles. The molecule has 1 aromatic carbocycles. The lowest BCUT2D eigenvalue weighted by atomic mass is 9.65. The van der Waals surface area contributed by atoms with Crippen LogP contribution in [0, 0.1) is 0 Å². The molecule has 2 aromatic rings. The highest BCUT2D eigenvalue weighted by Gasteiger charge is 2.44. The summed E-state index contributed by atoms with van der Waals surface area (Å²) in [6.45, 7) is 0.992. The van der Waals surface area contributed by atoms with E-state index in [1.165, 1.54) is 19.2 Å². The third-order valence-electron chi connectivity index (χ3n) is 6.05. The molecule has 1 N–H and O–H groups in total. The molecule has 10 heteroatoms. The van der Waals surface area contributed by atoms with Gasteiger partial charge in [-0.3, -0.25) is 4.79 Å². The van der Waals surface area contributed by atoms with Gasteiger partial charge >= 0.3 is 6.61 Å². The summed E-state index contributed by atoms with van der Waals surface area (Å²) in [6, 6.07) is 10.4. The summed E-state index contributed by atoms with van der Waals surface area (Å²) < 4.78 is 35.5. The molecule has 3 rings (SSSR count). The molecular formula is C23H27F2N5O3. The fourth-order valence-corrected chi connectivity index (χ4v) is 4.39. The van der Waals surface area contributed by atoms with E-state index in [1.807, 2.05) is 24.3 Å². The molecule has 0 radical (unpaired) electrons. The van der Waals surface area contributed by atoms with Crippen LogP contribution in [0.15, 0.2) is 41.5 Å². The number of alkyl halides is 2. The van der Waals surface area contributed by atoms with Crippen LogP contribution in [0.25, 0.3) is 10.4 Å². The van der Waals surface area contributed by atoms with Gasteiger partial charge < -0.3 is 14.8 Å². The number of pyridine rings is 1. The van der Waals surface area contributed by atoms with E-state index in [1.54, 1.807) is 0 Å². The van der Waals surface area contributed by atoms with E-state index in [-0.39, 0.29) is 29.4 Å². The number of carbonyl (C=O) groups excluding carboxylic acids is 1. The van der Waals surface area contributed by atoms with Gasteiger partial charge in [-0.1, -0.05) is 43.2 Å². The first-order valence-electron chi connectivity index (χ1n) is 10.8. The Balaban J connectivity index is 2.03. The standard InChI is InChI=1S/C23H27F2N5O3/c1-14(2)16-6-4-5-7-17(16)23(12-10-15(11-13-23)29-30-26)21(31)27-18-8-9-19(32-3)28-20(18)33-22(24)25/h4-9,14-15,22H,10-13H2,1-3H3,(H,27,31). The summed E-state index contributed by atoms with van der Waals surface area (Å²) in [6.07, 6.45) is 1.96. The van der Waals surface area contributed by atoms with Crippen molar-refractivity contribution in [2.75, 3.05) is 12.4 Å². The van der Waals surface area contributed by atoms with Crippen molar-refractivity contribution in [3.8, 4) is 11.8 Å². The van der Waals surface area contributed by atoms with Crippen molar-refractivity contribution < 1.29 is 23.0 Å². The number of hydrogen-bond acceptors (Lipinski definition) is 5. The quantitative estimate of drug-likeness (QED) is 0.299. The van der Waals surface area contributed by atoms with Gasteiger partial charge in [0.25, 0.3) is 0 Å². The average Bonchev–Trinajstić information content (AvgIpc) is 2.80. The third-order valence-corrected chi connectivity index (χ3v) is 6.05. The van der Waals surface area contributed by atoms with E-state index in [0.717, 1.165) is 11.1 Å². The molecular weight excluding hydrogens is 432 g/mol. The van der Waals surface area contributed by atoms with Crippen LogP contribution in [0.2, 0.25) is 0 Å². The minimum atomic E-state index is -3.12. The van der Waals surface area contributed by atoms with Gasteiger partial charge in [0.05, 0.1) is 12.5 Å². The zero-order valence-electron chi connectivity index (χ0n) is 18.8. The van der Waals surface area contributed by atoms with E-state index >= 15 is 0 Å². The summed E-state index contributed by atoms with van der Waals surface area (Å²) in [7, 11) is 1.35. The summed E-state index contributed by atoms with van der Waals surface area (Å²) in [5.74, 6) is -0.520. The first-order chi connectivity index (χ1) is 15.8. The minimum Gasteiger partial charge on any atom is -0.481 e. The molecule has 0 bridgehead atoms. The number of aromatic nitrogens is 1. The molecule has 0 spiro atoms. The molecule has 176 valence electrons. The second-order valence-corrected chi connectivity index (χ2v) is 8.30. The van der Waals surface area contributed by atoms with Crippen LogP contribution in [-0.4, -0.2) is 30.7 Å². The van der Waals surface area contributed by atoms with Gasteiger partial charge in [0.1, 0.15) is 5.69 Å². The first-order valence-corrected chi connectivity index (χ1v) is 10.8. The van der Waals surface area contributed by atoms with E-state index in [9.17, 15) is 13.6 Å². The maximum Gasteiger partial charge on any atom is 0.388 e. The molecule has 1 amide bonds. The fourth-order valence-electron chi connectivity index (χ4n) is 4.39. The topological polar surface area (TPSA) is 109 Å². The number of ether oxygens (including phenoxy) is 2. The van der Waals surface area contributed by atoms with Crippen molar-refractivity contribution >= 4 is 11.6 Å². The zero-order valence-corrected chi connectivity index (χ0v) is 18.8. The van der Waals surface area contributed by atoms with Crippen molar-refractivity contribution in [2.24, 2.45) is 5.11 Å². The van der Waals surface area contributed by atoms with Crippen molar-refractivity contribution in [2.45, 2.75) is 63.5 Å². The lowest BCUT2D eigenvalue weighted by Crippen LogP contribution is -2.44. The van der Waals surface area contributed by atoms with Gasteiger partial charge in [-0.2, -0.15) is 13.8 Å². The normalized spacial score (nSPS) is 20.3. The molecule has 1 heterocycles. The predicted octanol–water partition coefficient (Wildman–Crippen LogP) is 5.94. The highest BCUT2D eigenvalue weighted by Crippen LogP contribution is 2.44. The van der Waals surface area contributed by atoms with E-state index in [2.05, 4.69) is 38.9 Å². The lowest BCUT2D eigenvalue weighted by molar-refractivity contribution is -0.123. The lowest BCUT2D eigenvalue weighted by Gasteiger charge is -2.40. The number of halogens is 2. The smallest absolute Gasteiger partial charge is 0.388 e. The Labute approximate surface area is 190 Å². The van der Waals surface area contributed by atoms with Gasteiger partial charge in [0, 0.05) is 17.0 Å². The fraction of sp³-hybridized carbons (Fsp3) is 0.478.